The first kappa shape index (κ1) is 14.9. The molecule has 0 spiro atoms. The largest absolute Gasteiger partial charge is 0.330 e. The SMILES string of the molecule is CC(CCN)CN(C)CCC1CCN(C)CC1. The van der Waals surface area contributed by atoms with Crippen molar-refractivity contribution in [2.75, 3.05) is 46.8 Å². The van der Waals surface area contributed by atoms with Crippen molar-refractivity contribution in [1.29, 1.82) is 0 Å². The number of nitrogens with zero attached hydrogens (tertiary/aromatic N) is 2. The van der Waals surface area contributed by atoms with Gasteiger partial charge in [-0.2, -0.15) is 0 Å². The molecule has 0 aromatic rings. The number of piperidine rings is 1. The Kier molecular flexibility index (Phi) is 7.09. The van der Waals surface area contributed by atoms with Gasteiger partial charge in [0.2, 0.25) is 0 Å². The maximum atomic E-state index is 5.59. The quantitative estimate of drug-likeness (QED) is 0.735. The van der Waals surface area contributed by atoms with E-state index in [-0.39, 0.29) is 0 Å². The van der Waals surface area contributed by atoms with Gasteiger partial charge < -0.3 is 15.5 Å². The van der Waals surface area contributed by atoms with Crippen LogP contribution in [0.1, 0.15) is 32.6 Å². The minimum absolute atomic E-state index is 0.738. The first-order chi connectivity index (χ1) is 8.11. The highest BCUT2D eigenvalue weighted by atomic mass is 15.1. The van der Waals surface area contributed by atoms with Gasteiger partial charge >= 0.3 is 0 Å². The molecule has 0 aromatic carbocycles. The van der Waals surface area contributed by atoms with E-state index in [0.717, 1.165) is 24.8 Å². The molecule has 2 N–H and O–H groups in total. The van der Waals surface area contributed by atoms with Crippen LogP contribution < -0.4 is 5.73 Å². The van der Waals surface area contributed by atoms with Crippen molar-refractivity contribution < 1.29 is 0 Å². The molecular formula is C14H31N3. The second kappa shape index (κ2) is 8.06. The van der Waals surface area contributed by atoms with E-state index in [1.165, 1.54) is 45.4 Å². The minimum Gasteiger partial charge on any atom is -0.330 e. The van der Waals surface area contributed by atoms with Crippen LogP contribution in [0.2, 0.25) is 0 Å². The van der Waals surface area contributed by atoms with Crippen LogP contribution in [0.5, 0.6) is 0 Å². The minimum atomic E-state index is 0.738. The summed E-state index contributed by atoms with van der Waals surface area (Å²) in [6.07, 6.45) is 5.31. The van der Waals surface area contributed by atoms with E-state index in [1.807, 2.05) is 0 Å². The summed E-state index contributed by atoms with van der Waals surface area (Å²) in [7, 11) is 4.48. The lowest BCUT2D eigenvalue weighted by atomic mass is 9.93. The molecule has 1 unspecified atom stereocenters. The summed E-state index contributed by atoms with van der Waals surface area (Å²) in [4.78, 5) is 4.93. The molecule has 1 saturated heterocycles. The van der Waals surface area contributed by atoms with Crippen LogP contribution in [0.3, 0.4) is 0 Å². The van der Waals surface area contributed by atoms with Gasteiger partial charge in [0, 0.05) is 6.54 Å². The number of hydrogen-bond acceptors (Lipinski definition) is 3. The molecule has 1 aliphatic rings. The van der Waals surface area contributed by atoms with Gasteiger partial charge in [0.15, 0.2) is 0 Å². The number of rotatable bonds is 7. The van der Waals surface area contributed by atoms with Crippen molar-refractivity contribution in [3.05, 3.63) is 0 Å². The molecule has 1 aliphatic heterocycles. The Morgan fingerprint density at radius 3 is 2.59 bits per heavy atom. The van der Waals surface area contributed by atoms with E-state index in [1.54, 1.807) is 0 Å². The zero-order valence-electron chi connectivity index (χ0n) is 12.0. The summed E-state index contributed by atoms with van der Waals surface area (Å²) in [5.41, 5.74) is 5.59. The standard InChI is InChI=1S/C14H31N3/c1-13(4-8-15)12-17(3)11-7-14-5-9-16(2)10-6-14/h13-14H,4-12,15H2,1-3H3. The Morgan fingerprint density at radius 2 is 2.00 bits per heavy atom. The third-order valence-corrected chi connectivity index (χ3v) is 4.04. The first-order valence-corrected chi connectivity index (χ1v) is 7.19. The topological polar surface area (TPSA) is 32.5 Å². The molecule has 1 heterocycles. The van der Waals surface area contributed by atoms with Crippen LogP contribution in [0.25, 0.3) is 0 Å². The van der Waals surface area contributed by atoms with E-state index in [2.05, 4.69) is 30.8 Å². The molecule has 3 heteroatoms. The summed E-state index contributed by atoms with van der Waals surface area (Å²) in [6, 6.07) is 0. The average Bonchev–Trinajstić information content (AvgIpc) is 2.28. The predicted molar refractivity (Wildman–Crippen MR) is 75.2 cm³/mol. The lowest BCUT2D eigenvalue weighted by Gasteiger charge is -2.30. The van der Waals surface area contributed by atoms with Crippen LogP contribution in [-0.4, -0.2) is 56.6 Å². The molecule has 0 bridgehead atoms. The predicted octanol–water partition coefficient (Wildman–Crippen LogP) is 1.64. The van der Waals surface area contributed by atoms with Gasteiger partial charge in [-0.3, -0.25) is 0 Å². The summed E-state index contributed by atoms with van der Waals surface area (Å²) in [6.45, 7) is 8.16. The van der Waals surface area contributed by atoms with Gasteiger partial charge in [-0.25, -0.2) is 0 Å². The van der Waals surface area contributed by atoms with Crippen molar-refractivity contribution in [2.45, 2.75) is 32.6 Å². The molecule has 1 rings (SSSR count). The maximum absolute atomic E-state index is 5.59. The van der Waals surface area contributed by atoms with Crippen LogP contribution in [0, 0.1) is 11.8 Å². The van der Waals surface area contributed by atoms with Crippen LogP contribution in [-0.2, 0) is 0 Å². The summed E-state index contributed by atoms with van der Waals surface area (Å²) in [5, 5.41) is 0. The zero-order valence-corrected chi connectivity index (χ0v) is 12.0. The third kappa shape index (κ3) is 6.39. The van der Waals surface area contributed by atoms with Crippen LogP contribution in [0.15, 0.2) is 0 Å². The fourth-order valence-electron chi connectivity index (χ4n) is 2.75. The Labute approximate surface area is 107 Å². The number of nitrogens with two attached hydrogens (primary N) is 1. The molecule has 17 heavy (non-hydrogen) atoms. The highest BCUT2D eigenvalue weighted by Gasteiger charge is 2.17. The van der Waals surface area contributed by atoms with E-state index in [0.29, 0.717) is 0 Å². The molecule has 102 valence electrons. The van der Waals surface area contributed by atoms with E-state index >= 15 is 0 Å². The van der Waals surface area contributed by atoms with Crippen LogP contribution in [0.4, 0.5) is 0 Å². The van der Waals surface area contributed by atoms with Crippen molar-refractivity contribution in [3.63, 3.8) is 0 Å². The maximum Gasteiger partial charge on any atom is 0.000444 e. The lowest BCUT2D eigenvalue weighted by molar-refractivity contribution is 0.189. The molecule has 3 nitrogen and oxygen atoms in total. The molecule has 1 fully saturated rings. The van der Waals surface area contributed by atoms with Gasteiger partial charge in [-0.1, -0.05) is 6.92 Å². The highest BCUT2D eigenvalue weighted by molar-refractivity contribution is 4.71. The first-order valence-electron chi connectivity index (χ1n) is 7.19. The number of hydrogen-bond donors (Lipinski definition) is 1. The highest BCUT2D eigenvalue weighted by Crippen LogP contribution is 2.19. The smallest absolute Gasteiger partial charge is 0.000444 e. The monoisotopic (exact) mass is 241 g/mol. The second-order valence-electron chi connectivity index (χ2n) is 5.98. The van der Waals surface area contributed by atoms with Crippen molar-refractivity contribution in [2.24, 2.45) is 17.6 Å². The normalized spacial score (nSPS) is 21.0. The zero-order chi connectivity index (χ0) is 12.7. The van der Waals surface area contributed by atoms with Crippen molar-refractivity contribution >= 4 is 0 Å². The molecule has 0 aliphatic carbocycles. The average molecular weight is 241 g/mol. The molecule has 0 amide bonds. The van der Waals surface area contributed by atoms with Gasteiger partial charge in [0.25, 0.3) is 0 Å². The molecular weight excluding hydrogens is 210 g/mol. The number of likely N-dealkylation sites (tertiary alicyclic amines) is 1. The third-order valence-electron chi connectivity index (χ3n) is 4.04. The van der Waals surface area contributed by atoms with Crippen LogP contribution >= 0.6 is 0 Å². The van der Waals surface area contributed by atoms with Gasteiger partial charge in [-0.05, 0) is 77.8 Å². The summed E-state index contributed by atoms with van der Waals surface area (Å²) >= 11 is 0. The Morgan fingerprint density at radius 1 is 1.35 bits per heavy atom. The van der Waals surface area contributed by atoms with E-state index in [4.69, 9.17) is 5.73 Å². The molecule has 0 aromatic heterocycles. The second-order valence-corrected chi connectivity index (χ2v) is 5.98. The van der Waals surface area contributed by atoms with Crippen molar-refractivity contribution in [3.8, 4) is 0 Å². The fraction of sp³-hybridized carbons (Fsp3) is 1.00. The molecule has 0 radical (unpaired) electrons. The van der Waals surface area contributed by atoms with Gasteiger partial charge in [0.05, 0.1) is 0 Å². The Hall–Kier alpha value is -0.120. The van der Waals surface area contributed by atoms with E-state index < -0.39 is 0 Å². The van der Waals surface area contributed by atoms with Gasteiger partial charge in [0.1, 0.15) is 0 Å². The fourth-order valence-corrected chi connectivity index (χ4v) is 2.75. The lowest BCUT2D eigenvalue weighted by Crippen LogP contribution is -2.33. The molecule has 1 atom stereocenters. The van der Waals surface area contributed by atoms with E-state index in [9.17, 15) is 0 Å². The summed E-state index contributed by atoms with van der Waals surface area (Å²) < 4.78 is 0. The van der Waals surface area contributed by atoms with Crippen molar-refractivity contribution in [1.82, 2.24) is 9.80 Å². The summed E-state index contributed by atoms with van der Waals surface area (Å²) in [5.74, 6) is 1.70. The molecule has 0 saturated carbocycles. The Balaban J connectivity index is 2.08. The van der Waals surface area contributed by atoms with Gasteiger partial charge in [-0.15, -0.1) is 0 Å². The Bertz CT molecular complexity index is 188.